The van der Waals surface area contributed by atoms with E-state index < -0.39 is 23.8 Å². The summed E-state index contributed by atoms with van der Waals surface area (Å²) in [5, 5.41) is 19.7. The van der Waals surface area contributed by atoms with E-state index in [1.165, 1.54) is 0 Å². The molecule has 0 heterocycles. The van der Waals surface area contributed by atoms with Gasteiger partial charge in [0, 0.05) is 18.9 Å². The van der Waals surface area contributed by atoms with Crippen LogP contribution < -0.4 is 5.32 Å². The number of nitrogens with zero attached hydrogens (tertiary/aromatic N) is 1. The van der Waals surface area contributed by atoms with Gasteiger partial charge in [-0.05, 0) is 6.92 Å². The molecular formula is C10H16N2O4. The highest BCUT2D eigenvalue weighted by molar-refractivity contribution is 5.84. The fourth-order valence-electron chi connectivity index (χ4n) is 1.12. The van der Waals surface area contributed by atoms with Gasteiger partial charge in [0.2, 0.25) is 5.91 Å². The Kier molecular flexibility index (Phi) is 6.88. The molecule has 0 spiro atoms. The van der Waals surface area contributed by atoms with Gasteiger partial charge >= 0.3 is 5.97 Å². The van der Waals surface area contributed by atoms with Crippen LogP contribution in [0.1, 0.15) is 20.3 Å². The Bertz CT molecular complexity index is 285. The number of nitrogens with one attached hydrogen (secondary N) is 1. The number of hydrogen-bond donors (Lipinski definition) is 2. The van der Waals surface area contributed by atoms with Crippen LogP contribution in [-0.4, -0.2) is 36.2 Å². The Labute approximate surface area is 94.2 Å². The molecule has 0 aliphatic rings. The molecule has 0 rings (SSSR count). The first kappa shape index (κ1) is 14.4. The molecule has 1 amide bonds. The van der Waals surface area contributed by atoms with Crippen LogP contribution >= 0.6 is 0 Å². The SMILES string of the molecule is CCOCC(=O)N[C@H](C(=O)O)[C@H](C)CC#N. The molecular weight excluding hydrogens is 212 g/mol. The van der Waals surface area contributed by atoms with Crippen LogP contribution in [0.25, 0.3) is 0 Å². The maximum Gasteiger partial charge on any atom is 0.326 e. The number of carbonyl (C=O) groups excluding carboxylic acids is 1. The van der Waals surface area contributed by atoms with Crippen LogP contribution in [0.5, 0.6) is 0 Å². The van der Waals surface area contributed by atoms with Gasteiger partial charge in [0.25, 0.3) is 0 Å². The zero-order valence-corrected chi connectivity index (χ0v) is 9.40. The fraction of sp³-hybridized carbons (Fsp3) is 0.700. The topological polar surface area (TPSA) is 99.4 Å². The summed E-state index contributed by atoms with van der Waals surface area (Å²) >= 11 is 0. The molecule has 0 saturated heterocycles. The van der Waals surface area contributed by atoms with E-state index >= 15 is 0 Å². The van der Waals surface area contributed by atoms with Gasteiger partial charge in [-0.2, -0.15) is 5.26 Å². The lowest BCUT2D eigenvalue weighted by Gasteiger charge is -2.19. The molecule has 6 nitrogen and oxygen atoms in total. The molecule has 0 aliphatic carbocycles. The predicted octanol–water partition coefficient (Wildman–Crippen LogP) is 0.142. The van der Waals surface area contributed by atoms with Crippen LogP contribution in [-0.2, 0) is 14.3 Å². The van der Waals surface area contributed by atoms with Crippen LogP contribution in [0.15, 0.2) is 0 Å². The van der Waals surface area contributed by atoms with E-state index in [2.05, 4.69) is 5.32 Å². The highest BCUT2D eigenvalue weighted by Crippen LogP contribution is 2.07. The average molecular weight is 228 g/mol. The van der Waals surface area contributed by atoms with Crippen molar-refractivity contribution in [3.05, 3.63) is 0 Å². The highest BCUT2D eigenvalue weighted by Gasteiger charge is 2.26. The van der Waals surface area contributed by atoms with Crippen molar-refractivity contribution >= 4 is 11.9 Å². The van der Waals surface area contributed by atoms with Gasteiger partial charge in [0.05, 0.1) is 6.07 Å². The van der Waals surface area contributed by atoms with Crippen LogP contribution in [0.2, 0.25) is 0 Å². The standard InChI is InChI=1S/C10H16N2O4/c1-3-16-6-8(13)12-9(10(14)15)7(2)4-5-11/h7,9H,3-4,6H2,1-2H3,(H,12,13)(H,14,15)/t7-,9+/m1/s1. The lowest BCUT2D eigenvalue weighted by Crippen LogP contribution is -2.46. The third-order valence-corrected chi connectivity index (χ3v) is 2.00. The number of amides is 1. The first-order chi connectivity index (χ1) is 7.52. The van der Waals surface area contributed by atoms with Gasteiger partial charge in [-0.3, -0.25) is 4.79 Å². The van der Waals surface area contributed by atoms with Crippen LogP contribution in [0.4, 0.5) is 0 Å². The third kappa shape index (κ3) is 5.32. The Balaban J connectivity index is 4.29. The molecule has 6 heteroatoms. The molecule has 0 aromatic carbocycles. The van der Waals surface area contributed by atoms with Crippen molar-refractivity contribution in [3.63, 3.8) is 0 Å². The minimum absolute atomic E-state index is 0.0753. The van der Waals surface area contributed by atoms with Crippen molar-refractivity contribution in [1.82, 2.24) is 5.32 Å². The Hall–Kier alpha value is -1.61. The van der Waals surface area contributed by atoms with Gasteiger partial charge in [0.15, 0.2) is 0 Å². The average Bonchev–Trinajstić information content (AvgIpc) is 2.22. The van der Waals surface area contributed by atoms with Gasteiger partial charge in [-0.15, -0.1) is 0 Å². The number of rotatable bonds is 7. The summed E-state index contributed by atoms with van der Waals surface area (Å²) in [6, 6.07) is 0.825. The Morgan fingerprint density at radius 3 is 2.62 bits per heavy atom. The van der Waals surface area contributed by atoms with E-state index in [4.69, 9.17) is 15.1 Å². The second kappa shape index (κ2) is 7.65. The van der Waals surface area contributed by atoms with Gasteiger partial charge in [0.1, 0.15) is 12.6 Å². The summed E-state index contributed by atoms with van der Waals surface area (Å²) < 4.78 is 4.85. The lowest BCUT2D eigenvalue weighted by molar-refractivity contribution is -0.144. The lowest BCUT2D eigenvalue weighted by atomic mass is 9.99. The smallest absolute Gasteiger partial charge is 0.326 e. The van der Waals surface area contributed by atoms with Crippen LogP contribution in [0.3, 0.4) is 0 Å². The maximum atomic E-state index is 11.2. The number of hydrogen-bond acceptors (Lipinski definition) is 4. The summed E-state index contributed by atoms with van der Waals surface area (Å²) in [6.45, 7) is 3.56. The summed E-state index contributed by atoms with van der Waals surface area (Å²) in [4.78, 5) is 22.1. The molecule has 16 heavy (non-hydrogen) atoms. The van der Waals surface area contributed by atoms with Crippen molar-refractivity contribution < 1.29 is 19.4 Å². The Morgan fingerprint density at radius 1 is 1.56 bits per heavy atom. The van der Waals surface area contributed by atoms with E-state index in [-0.39, 0.29) is 13.0 Å². The summed E-state index contributed by atoms with van der Waals surface area (Å²) in [7, 11) is 0. The van der Waals surface area contributed by atoms with E-state index in [0.717, 1.165) is 0 Å². The molecule has 0 aromatic rings. The van der Waals surface area contributed by atoms with Crippen molar-refractivity contribution in [2.24, 2.45) is 5.92 Å². The molecule has 2 N–H and O–H groups in total. The first-order valence-corrected chi connectivity index (χ1v) is 4.99. The van der Waals surface area contributed by atoms with E-state index in [9.17, 15) is 9.59 Å². The van der Waals surface area contributed by atoms with Crippen molar-refractivity contribution in [3.8, 4) is 6.07 Å². The Morgan fingerprint density at radius 2 is 2.19 bits per heavy atom. The number of aliphatic carboxylic acids is 1. The number of carboxylic acid groups (broad SMARTS) is 1. The molecule has 0 radical (unpaired) electrons. The number of carboxylic acids is 1. The highest BCUT2D eigenvalue weighted by atomic mass is 16.5. The number of carbonyl (C=O) groups is 2. The van der Waals surface area contributed by atoms with E-state index in [1.54, 1.807) is 13.8 Å². The fourth-order valence-corrected chi connectivity index (χ4v) is 1.12. The molecule has 0 fully saturated rings. The summed E-state index contributed by atoms with van der Waals surface area (Å²) in [5.74, 6) is -2.07. The second-order valence-corrected chi connectivity index (χ2v) is 3.36. The summed E-state index contributed by atoms with van der Waals surface area (Å²) in [6.07, 6.45) is 0.0753. The molecule has 0 bridgehead atoms. The number of ether oxygens (including phenoxy) is 1. The zero-order chi connectivity index (χ0) is 12.6. The summed E-state index contributed by atoms with van der Waals surface area (Å²) in [5.41, 5.74) is 0. The molecule has 2 atom stereocenters. The molecule has 0 unspecified atom stereocenters. The van der Waals surface area contributed by atoms with Gasteiger partial charge < -0.3 is 15.2 Å². The largest absolute Gasteiger partial charge is 0.480 e. The quantitative estimate of drug-likeness (QED) is 0.645. The van der Waals surface area contributed by atoms with Gasteiger partial charge in [-0.25, -0.2) is 4.79 Å². The van der Waals surface area contributed by atoms with Crippen molar-refractivity contribution in [2.45, 2.75) is 26.3 Å². The second-order valence-electron chi connectivity index (χ2n) is 3.36. The maximum absolute atomic E-state index is 11.2. The number of nitriles is 1. The third-order valence-electron chi connectivity index (χ3n) is 2.00. The first-order valence-electron chi connectivity index (χ1n) is 4.99. The minimum atomic E-state index is -1.15. The molecule has 0 saturated carbocycles. The molecule has 90 valence electrons. The molecule has 0 aromatic heterocycles. The van der Waals surface area contributed by atoms with Crippen molar-refractivity contribution in [2.75, 3.05) is 13.2 Å². The monoisotopic (exact) mass is 228 g/mol. The van der Waals surface area contributed by atoms with Gasteiger partial charge in [-0.1, -0.05) is 6.92 Å². The predicted molar refractivity (Wildman–Crippen MR) is 55.5 cm³/mol. The van der Waals surface area contributed by atoms with Crippen molar-refractivity contribution in [1.29, 1.82) is 5.26 Å². The minimum Gasteiger partial charge on any atom is -0.480 e. The zero-order valence-electron chi connectivity index (χ0n) is 9.40. The van der Waals surface area contributed by atoms with Crippen LogP contribution in [0, 0.1) is 17.2 Å². The molecule has 0 aliphatic heterocycles. The van der Waals surface area contributed by atoms with E-state index in [1.807, 2.05) is 6.07 Å². The van der Waals surface area contributed by atoms with E-state index in [0.29, 0.717) is 6.61 Å². The normalized spacial score (nSPS) is 13.6.